The van der Waals surface area contributed by atoms with Gasteiger partial charge in [-0.25, -0.2) is 0 Å². The van der Waals surface area contributed by atoms with Crippen molar-refractivity contribution in [3.63, 3.8) is 0 Å². The molecule has 2 rings (SSSR count). The van der Waals surface area contributed by atoms with Gasteiger partial charge in [0.05, 0.1) is 27.9 Å². The fourth-order valence-corrected chi connectivity index (χ4v) is 2.33. The number of amides is 1. The van der Waals surface area contributed by atoms with E-state index in [4.69, 9.17) is 18.9 Å². The molecule has 0 fully saturated rings. The minimum atomic E-state index is -0.108. The molecule has 1 amide bonds. The average molecular weight is 371 g/mol. The van der Waals surface area contributed by atoms with Crippen molar-refractivity contribution in [3.8, 4) is 23.0 Å². The van der Waals surface area contributed by atoms with E-state index in [0.29, 0.717) is 24.7 Å². The van der Waals surface area contributed by atoms with Crippen LogP contribution >= 0.6 is 0 Å². The number of likely N-dealkylation sites (N-methyl/N-ethyl adjacent to an activating group) is 1. The Morgan fingerprint density at radius 3 is 2.22 bits per heavy atom. The van der Waals surface area contributed by atoms with E-state index in [1.165, 1.54) is 6.08 Å². The fourth-order valence-electron chi connectivity index (χ4n) is 2.33. The zero-order valence-corrected chi connectivity index (χ0v) is 16.1. The van der Waals surface area contributed by atoms with Crippen LogP contribution in [-0.4, -0.2) is 52.3 Å². The maximum Gasteiger partial charge on any atom is 0.246 e. The molecule has 0 saturated carbocycles. The van der Waals surface area contributed by atoms with E-state index in [9.17, 15) is 4.79 Å². The van der Waals surface area contributed by atoms with Crippen molar-refractivity contribution in [1.82, 2.24) is 4.90 Å². The van der Waals surface area contributed by atoms with E-state index >= 15 is 0 Å². The number of hydrogen-bond donors (Lipinski definition) is 0. The molecule has 0 aliphatic carbocycles. The second-order valence-corrected chi connectivity index (χ2v) is 5.73. The molecule has 2 aromatic rings. The summed E-state index contributed by atoms with van der Waals surface area (Å²) in [6, 6.07) is 12.8. The summed E-state index contributed by atoms with van der Waals surface area (Å²) in [4.78, 5) is 13.8. The van der Waals surface area contributed by atoms with Crippen molar-refractivity contribution in [2.45, 2.75) is 0 Å². The van der Waals surface area contributed by atoms with Crippen molar-refractivity contribution in [3.05, 3.63) is 54.1 Å². The molecular formula is C21H25NO5. The zero-order chi connectivity index (χ0) is 19.6. The van der Waals surface area contributed by atoms with Gasteiger partial charge in [0, 0.05) is 13.1 Å². The summed E-state index contributed by atoms with van der Waals surface area (Å²) < 4.78 is 21.2. The number of hydrogen-bond acceptors (Lipinski definition) is 5. The largest absolute Gasteiger partial charge is 0.497 e. The van der Waals surface area contributed by atoms with E-state index in [2.05, 4.69) is 0 Å². The molecule has 0 unspecified atom stereocenters. The lowest BCUT2D eigenvalue weighted by atomic mass is 10.2. The number of carbonyl (C=O) groups excluding carboxylic acids is 1. The monoisotopic (exact) mass is 371 g/mol. The van der Waals surface area contributed by atoms with Gasteiger partial charge < -0.3 is 23.8 Å². The van der Waals surface area contributed by atoms with E-state index in [1.54, 1.807) is 45.4 Å². The first-order valence-electron chi connectivity index (χ1n) is 8.49. The smallest absolute Gasteiger partial charge is 0.246 e. The maximum atomic E-state index is 12.2. The van der Waals surface area contributed by atoms with Gasteiger partial charge in [-0.05, 0) is 48.0 Å². The number of methoxy groups -OCH3 is 3. The fraction of sp³-hybridized carbons (Fsp3) is 0.286. The Morgan fingerprint density at radius 2 is 1.59 bits per heavy atom. The van der Waals surface area contributed by atoms with Crippen molar-refractivity contribution in [1.29, 1.82) is 0 Å². The normalized spacial score (nSPS) is 10.5. The summed E-state index contributed by atoms with van der Waals surface area (Å²) in [5, 5.41) is 0. The Labute approximate surface area is 159 Å². The average Bonchev–Trinajstić information content (AvgIpc) is 2.72. The van der Waals surface area contributed by atoms with Crippen LogP contribution in [0.5, 0.6) is 23.0 Å². The number of ether oxygens (including phenoxy) is 4. The molecule has 0 saturated heterocycles. The quantitative estimate of drug-likeness (QED) is 0.633. The first-order valence-corrected chi connectivity index (χ1v) is 8.49. The molecule has 0 bridgehead atoms. The first kappa shape index (κ1) is 20.2. The maximum absolute atomic E-state index is 12.2. The van der Waals surface area contributed by atoms with Crippen molar-refractivity contribution >= 4 is 12.0 Å². The van der Waals surface area contributed by atoms with Crippen LogP contribution in [0.25, 0.3) is 6.08 Å². The van der Waals surface area contributed by atoms with Crippen molar-refractivity contribution < 1.29 is 23.7 Å². The predicted molar refractivity (Wildman–Crippen MR) is 105 cm³/mol. The Balaban J connectivity index is 1.84. The van der Waals surface area contributed by atoms with Gasteiger partial charge in [-0.1, -0.05) is 6.07 Å². The van der Waals surface area contributed by atoms with Crippen LogP contribution < -0.4 is 18.9 Å². The second kappa shape index (κ2) is 10.1. The van der Waals surface area contributed by atoms with Gasteiger partial charge in [-0.15, -0.1) is 0 Å². The molecule has 0 spiro atoms. The highest BCUT2D eigenvalue weighted by atomic mass is 16.5. The lowest BCUT2D eigenvalue weighted by Crippen LogP contribution is -2.29. The molecular weight excluding hydrogens is 346 g/mol. The summed E-state index contributed by atoms with van der Waals surface area (Å²) in [5.41, 5.74) is 0.851. The molecule has 6 nitrogen and oxygen atoms in total. The van der Waals surface area contributed by atoms with E-state index in [-0.39, 0.29) is 5.91 Å². The summed E-state index contributed by atoms with van der Waals surface area (Å²) in [7, 11) is 6.51. The molecule has 6 heteroatoms. The summed E-state index contributed by atoms with van der Waals surface area (Å²) in [6.07, 6.45) is 3.26. The van der Waals surface area contributed by atoms with Crippen LogP contribution in [-0.2, 0) is 4.79 Å². The Kier molecular flexibility index (Phi) is 7.55. The molecule has 0 aliphatic rings. The van der Waals surface area contributed by atoms with Crippen LogP contribution in [0.15, 0.2) is 48.5 Å². The van der Waals surface area contributed by atoms with Crippen LogP contribution in [0.3, 0.4) is 0 Å². The van der Waals surface area contributed by atoms with E-state index in [0.717, 1.165) is 17.1 Å². The minimum Gasteiger partial charge on any atom is -0.497 e. The molecule has 144 valence electrons. The molecule has 0 aromatic heterocycles. The molecule has 0 N–H and O–H groups in total. The summed E-state index contributed by atoms with van der Waals surface area (Å²) in [5.74, 6) is 2.66. The van der Waals surface area contributed by atoms with Gasteiger partial charge in [-0.3, -0.25) is 4.79 Å². The third-order valence-electron chi connectivity index (χ3n) is 3.96. The topological polar surface area (TPSA) is 57.2 Å². The Bertz CT molecular complexity index is 771. The van der Waals surface area contributed by atoms with Crippen LogP contribution in [0.4, 0.5) is 0 Å². The zero-order valence-electron chi connectivity index (χ0n) is 16.1. The number of nitrogens with zero attached hydrogens (tertiary/aromatic N) is 1. The molecule has 2 aromatic carbocycles. The molecule has 27 heavy (non-hydrogen) atoms. The number of benzene rings is 2. The van der Waals surface area contributed by atoms with Gasteiger partial charge in [0.15, 0.2) is 11.5 Å². The second-order valence-electron chi connectivity index (χ2n) is 5.73. The Morgan fingerprint density at radius 1 is 0.926 bits per heavy atom. The third kappa shape index (κ3) is 5.95. The number of carbonyl (C=O) groups is 1. The number of rotatable bonds is 9. The predicted octanol–water partition coefficient (Wildman–Crippen LogP) is 3.26. The molecule has 0 radical (unpaired) electrons. The molecule has 0 aliphatic heterocycles. The minimum absolute atomic E-state index is 0.108. The van der Waals surface area contributed by atoms with Gasteiger partial charge in [0.1, 0.15) is 18.1 Å². The van der Waals surface area contributed by atoms with Crippen LogP contribution in [0, 0.1) is 0 Å². The van der Waals surface area contributed by atoms with E-state index in [1.807, 2.05) is 36.4 Å². The summed E-state index contributed by atoms with van der Waals surface area (Å²) in [6.45, 7) is 0.875. The molecule has 0 atom stereocenters. The highest BCUT2D eigenvalue weighted by Crippen LogP contribution is 2.28. The lowest BCUT2D eigenvalue weighted by Gasteiger charge is -2.15. The van der Waals surface area contributed by atoms with Crippen molar-refractivity contribution in [2.24, 2.45) is 0 Å². The van der Waals surface area contributed by atoms with Crippen molar-refractivity contribution in [2.75, 3.05) is 41.5 Å². The highest BCUT2D eigenvalue weighted by Gasteiger charge is 2.06. The van der Waals surface area contributed by atoms with Gasteiger partial charge in [0.2, 0.25) is 5.91 Å². The van der Waals surface area contributed by atoms with Gasteiger partial charge in [-0.2, -0.15) is 0 Å². The summed E-state index contributed by atoms with van der Waals surface area (Å²) >= 11 is 0. The van der Waals surface area contributed by atoms with Crippen LogP contribution in [0.1, 0.15) is 5.56 Å². The lowest BCUT2D eigenvalue weighted by molar-refractivity contribution is -0.125. The van der Waals surface area contributed by atoms with Gasteiger partial charge in [0.25, 0.3) is 0 Å². The third-order valence-corrected chi connectivity index (χ3v) is 3.96. The van der Waals surface area contributed by atoms with Crippen LogP contribution in [0.2, 0.25) is 0 Å². The SMILES string of the molecule is COc1ccc(OCCN(C)C(=O)/C=C/c2ccc(OC)c(OC)c2)cc1. The highest BCUT2D eigenvalue weighted by molar-refractivity contribution is 5.91. The standard InChI is InChI=1S/C21H25NO5/c1-22(13-14-27-18-9-7-17(24-2)8-10-18)21(23)12-6-16-5-11-19(25-3)20(15-16)26-4/h5-12,15H,13-14H2,1-4H3/b12-6+. The van der Waals surface area contributed by atoms with E-state index < -0.39 is 0 Å². The first-order chi connectivity index (χ1) is 13.1. The van der Waals surface area contributed by atoms with Gasteiger partial charge >= 0.3 is 0 Å². The Hall–Kier alpha value is -3.15. The molecule has 0 heterocycles.